The van der Waals surface area contributed by atoms with Crippen LogP contribution in [0, 0.1) is 6.92 Å². The molecular formula is C11H16O3S. The summed E-state index contributed by atoms with van der Waals surface area (Å²) in [7, 11) is -3.23. The van der Waals surface area contributed by atoms with Gasteiger partial charge >= 0.3 is 0 Å². The van der Waals surface area contributed by atoms with Crippen LogP contribution in [-0.4, -0.2) is 19.8 Å². The first-order chi connectivity index (χ1) is 6.64. The van der Waals surface area contributed by atoms with E-state index in [0.29, 0.717) is 11.1 Å². The van der Waals surface area contributed by atoms with E-state index in [2.05, 4.69) is 0 Å². The minimum atomic E-state index is -3.23. The average Bonchev–Trinajstić information content (AvgIpc) is 1.99. The maximum Gasteiger partial charge on any atom is 0.175 e. The maximum absolute atomic E-state index is 11.5. The third-order valence-corrected chi connectivity index (χ3v) is 3.58. The third kappa shape index (κ3) is 2.58. The molecule has 0 heterocycles. The van der Waals surface area contributed by atoms with Crippen molar-refractivity contribution in [3.63, 3.8) is 0 Å². The Bertz CT molecular complexity index is 467. The summed E-state index contributed by atoms with van der Waals surface area (Å²) in [5.74, 6) is 0. The van der Waals surface area contributed by atoms with Crippen LogP contribution in [0.15, 0.2) is 23.1 Å². The van der Waals surface area contributed by atoms with Gasteiger partial charge < -0.3 is 5.11 Å². The molecule has 1 rings (SSSR count). The molecule has 0 saturated carbocycles. The highest BCUT2D eigenvalue weighted by atomic mass is 32.2. The molecule has 0 radical (unpaired) electrons. The molecule has 0 amide bonds. The van der Waals surface area contributed by atoms with Gasteiger partial charge in [-0.3, -0.25) is 0 Å². The first kappa shape index (κ1) is 12.2. The van der Waals surface area contributed by atoms with E-state index < -0.39 is 15.4 Å². The summed E-state index contributed by atoms with van der Waals surface area (Å²) >= 11 is 0. The Balaban J connectivity index is 3.51. The van der Waals surface area contributed by atoms with Gasteiger partial charge in [-0.25, -0.2) is 8.42 Å². The molecule has 0 aliphatic rings. The van der Waals surface area contributed by atoms with Gasteiger partial charge in [0.25, 0.3) is 0 Å². The van der Waals surface area contributed by atoms with E-state index in [-0.39, 0.29) is 4.90 Å². The van der Waals surface area contributed by atoms with E-state index in [0.717, 1.165) is 0 Å². The summed E-state index contributed by atoms with van der Waals surface area (Å²) in [6.07, 6.45) is 1.17. The first-order valence-corrected chi connectivity index (χ1v) is 6.55. The largest absolute Gasteiger partial charge is 0.386 e. The Morgan fingerprint density at radius 2 is 1.80 bits per heavy atom. The molecule has 0 unspecified atom stereocenters. The van der Waals surface area contributed by atoms with Gasteiger partial charge in [0.05, 0.1) is 10.5 Å². The van der Waals surface area contributed by atoms with Crippen LogP contribution in [0.4, 0.5) is 0 Å². The Morgan fingerprint density at radius 3 is 2.20 bits per heavy atom. The fourth-order valence-electron chi connectivity index (χ4n) is 1.68. The van der Waals surface area contributed by atoms with Crippen molar-refractivity contribution in [1.82, 2.24) is 0 Å². The van der Waals surface area contributed by atoms with Crippen LogP contribution in [0.5, 0.6) is 0 Å². The number of rotatable bonds is 2. The molecule has 0 aliphatic heterocycles. The number of benzene rings is 1. The molecule has 4 heteroatoms. The van der Waals surface area contributed by atoms with Crippen LogP contribution in [0.1, 0.15) is 25.0 Å². The van der Waals surface area contributed by atoms with E-state index >= 15 is 0 Å². The molecule has 3 nitrogen and oxygen atoms in total. The van der Waals surface area contributed by atoms with Crippen molar-refractivity contribution in [2.45, 2.75) is 31.3 Å². The van der Waals surface area contributed by atoms with Crippen molar-refractivity contribution in [3.05, 3.63) is 29.3 Å². The molecular weight excluding hydrogens is 212 g/mol. The van der Waals surface area contributed by atoms with Gasteiger partial charge in [-0.2, -0.15) is 0 Å². The maximum atomic E-state index is 11.5. The smallest absolute Gasteiger partial charge is 0.175 e. The van der Waals surface area contributed by atoms with Gasteiger partial charge in [-0.15, -0.1) is 0 Å². The highest BCUT2D eigenvalue weighted by molar-refractivity contribution is 7.90. The lowest BCUT2D eigenvalue weighted by molar-refractivity contribution is 0.0776. The van der Waals surface area contributed by atoms with Crippen LogP contribution in [-0.2, 0) is 15.4 Å². The second kappa shape index (κ2) is 3.61. The van der Waals surface area contributed by atoms with Crippen LogP contribution in [0.3, 0.4) is 0 Å². The topological polar surface area (TPSA) is 54.4 Å². The third-order valence-electron chi connectivity index (χ3n) is 2.34. The first-order valence-electron chi connectivity index (χ1n) is 4.66. The number of hydrogen-bond acceptors (Lipinski definition) is 3. The Kier molecular flexibility index (Phi) is 2.94. The molecule has 0 fully saturated rings. The molecule has 0 spiro atoms. The van der Waals surface area contributed by atoms with Crippen molar-refractivity contribution >= 4 is 9.84 Å². The zero-order chi connectivity index (χ0) is 11.9. The molecule has 0 bridgehead atoms. The van der Waals surface area contributed by atoms with Gasteiger partial charge in [-0.05, 0) is 38.0 Å². The van der Waals surface area contributed by atoms with Gasteiger partial charge in [0.2, 0.25) is 0 Å². The lowest BCUT2D eigenvalue weighted by atomic mass is 9.94. The summed E-state index contributed by atoms with van der Waals surface area (Å²) in [5, 5.41) is 9.87. The Morgan fingerprint density at radius 1 is 1.27 bits per heavy atom. The van der Waals surface area contributed by atoms with E-state index in [1.54, 1.807) is 39.0 Å². The minimum absolute atomic E-state index is 0.280. The molecule has 0 aromatic heterocycles. The fraction of sp³-hybridized carbons (Fsp3) is 0.455. The predicted molar refractivity (Wildman–Crippen MR) is 59.5 cm³/mol. The second-order valence-corrected chi connectivity index (χ2v) is 6.24. The molecule has 15 heavy (non-hydrogen) atoms. The average molecular weight is 228 g/mol. The molecule has 0 atom stereocenters. The zero-order valence-corrected chi connectivity index (χ0v) is 10.2. The van der Waals surface area contributed by atoms with Crippen LogP contribution in [0.25, 0.3) is 0 Å². The van der Waals surface area contributed by atoms with E-state index in [1.807, 2.05) is 0 Å². The monoisotopic (exact) mass is 228 g/mol. The predicted octanol–water partition coefficient (Wildman–Crippen LogP) is 1.63. The van der Waals surface area contributed by atoms with E-state index in [9.17, 15) is 13.5 Å². The standard InChI is InChI=1S/C11H16O3S/c1-8-9(11(2,3)12)6-5-7-10(8)15(4,13)14/h5-7,12H,1-4H3. The van der Waals surface area contributed by atoms with E-state index in [4.69, 9.17) is 0 Å². The van der Waals surface area contributed by atoms with Crippen LogP contribution >= 0.6 is 0 Å². The Labute approximate surface area is 90.7 Å². The van der Waals surface area contributed by atoms with Crippen molar-refractivity contribution in [3.8, 4) is 0 Å². The van der Waals surface area contributed by atoms with E-state index in [1.165, 1.54) is 6.26 Å². The van der Waals surface area contributed by atoms with Gasteiger partial charge in [-0.1, -0.05) is 12.1 Å². The van der Waals surface area contributed by atoms with Gasteiger partial charge in [0, 0.05) is 6.26 Å². The molecule has 1 aromatic rings. The van der Waals surface area contributed by atoms with Crippen LogP contribution < -0.4 is 0 Å². The fourth-order valence-corrected chi connectivity index (χ4v) is 2.67. The highest BCUT2D eigenvalue weighted by Crippen LogP contribution is 2.27. The summed E-state index contributed by atoms with van der Waals surface area (Å²) in [4.78, 5) is 0.280. The molecule has 1 N–H and O–H groups in total. The summed E-state index contributed by atoms with van der Waals surface area (Å²) in [6.45, 7) is 4.99. The zero-order valence-electron chi connectivity index (χ0n) is 9.40. The molecule has 0 aliphatic carbocycles. The molecule has 0 saturated heterocycles. The number of hydrogen-bond donors (Lipinski definition) is 1. The minimum Gasteiger partial charge on any atom is -0.386 e. The SMILES string of the molecule is Cc1c(C(C)(C)O)cccc1S(C)(=O)=O. The van der Waals surface area contributed by atoms with Crippen molar-refractivity contribution in [2.75, 3.05) is 6.26 Å². The van der Waals surface area contributed by atoms with Crippen molar-refractivity contribution in [1.29, 1.82) is 0 Å². The lowest BCUT2D eigenvalue weighted by Gasteiger charge is -2.21. The lowest BCUT2D eigenvalue weighted by Crippen LogP contribution is -2.18. The Hall–Kier alpha value is -0.870. The van der Waals surface area contributed by atoms with Crippen LogP contribution in [0.2, 0.25) is 0 Å². The molecule has 1 aromatic carbocycles. The van der Waals surface area contributed by atoms with Crippen molar-refractivity contribution in [2.24, 2.45) is 0 Å². The highest BCUT2D eigenvalue weighted by Gasteiger charge is 2.22. The second-order valence-electron chi connectivity index (χ2n) is 4.26. The summed E-state index contributed by atoms with van der Waals surface area (Å²) in [6, 6.07) is 4.95. The summed E-state index contributed by atoms with van der Waals surface area (Å²) in [5.41, 5.74) is 0.239. The number of aliphatic hydroxyl groups is 1. The van der Waals surface area contributed by atoms with Gasteiger partial charge in [0.15, 0.2) is 9.84 Å². The van der Waals surface area contributed by atoms with Crippen molar-refractivity contribution < 1.29 is 13.5 Å². The normalized spacial score (nSPS) is 12.9. The van der Waals surface area contributed by atoms with Gasteiger partial charge in [0.1, 0.15) is 0 Å². The number of sulfone groups is 1. The molecule has 84 valence electrons. The summed E-state index contributed by atoms with van der Waals surface area (Å²) < 4.78 is 22.9. The quantitative estimate of drug-likeness (QED) is 0.837.